The number of aromatic amines is 1. The van der Waals surface area contributed by atoms with E-state index in [9.17, 15) is 9.59 Å². The summed E-state index contributed by atoms with van der Waals surface area (Å²) in [7, 11) is 0. The Hall–Kier alpha value is -3.47. The fraction of sp³-hybridized carbons (Fsp3) is 0.222. The minimum atomic E-state index is -0.231. The van der Waals surface area contributed by atoms with E-state index in [1.165, 1.54) is 17.8 Å². The van der Waals surface area contributed by atoms with Crippen LogP contribution < -0.4 is 10.9 Å². The number of nitrogens with zero attached hydrogens (tertiary/aromatic N) is 6. The van der Waals surface area contributed by atoms with Crippen LogP contribution in [0.25, 0.3) is 11.3 Å². The average Bonchev–Trinajstić information content (AvgIpc) is 3.31. The van der Waals surface area contributed by atoms with Crippen LogP contribution in [0.4, 0.5) is 5.69 Å². The second-order valence-electron chi connectivity index (χ2n) is 6.43. The molecule has 0 atom stereocenters. The molecule has 0 aliphatic heterocycles. The van der Waals surface area contributed by atoms with E-state index in [-0.39, 0.29) is 17.9 Å². The molecule has 0 saturated heterocycles. The molecule has 4 rings (SSSR count). The standard InChI is InChI=1S/C18H18N8O2S/c1-10-14(11(2)25-15(19-10)9-17(28)22-25)8-16(27)20-12-5-4-6-13(7-12)26-18(29-3)21-23-24-26/h4-7,9H,8H2,1-3H3,(H,20,27)(H,22,28). The number of hydrogen-bond acceptors (Lipinski definition) is 7. The molecule has 0 aliphatic rings. The Bertz CT molecular complexity index is 1270. The topological polar surface area (TPSA) is 123 Å². The molecule has 0 unspecified atom stereocenters. The summed E-state index contributed by atoms with van der Waals surface area (Å²) in [5.41, 5.74) is 3.94. The number of anilines is 1. The van der Waals surface area contributed by atoms with Crippen molar-refractivity contribution in [3.05, 3.63) is 57.6 Å². The lowest BCUT2D eigenvalue weighted by atomic mass is 10.1. The first-order valence-electron chi connectivity index (χ1n) is 8.77. The van der Waals surface area contributed by atoms with E-state index in [1.807, 2.05) is 32.2 Å². The van der Waals surface area contributed by atoms with Crippen molar-refractivity contribution in [3.8, 4) is 5.69 Å². The number of benzene rings is 1. The number of aromatic nitrogens is 7. The van der Waals surface area contributed by atoms with Crippen LogP contribution in [0.5, 0.6) is 0 Å². The van der Waals surface area contributed by atoms with E-state index in [4.69, 9.17) is 0 Å². The number of aryl methyl sites for hydroxylation is 2. The van der Waals surface area contributed by atoms with E-state index in [0.717, 1.165) is 16.9 Å². The number of rotatable bonds is 5. The summed E-state index contributed by atoms with van der Waals surface area (Å²) < 4.78 is 3.20. The van der Waals surface area contributed by atoms with Crippen LogP contribution in [0, 0.1) is 13.8 Å². The summed E-state index contributed by atoms with van der Waals surface area (Å²) in [6.45, 7) is 3.68. The maximum atomic E-state index is 12.7. The van der Waals surface area contributed by atoms with Gasteiger partial charge in [-0.2, -0.15) is 4.68 Å². The average molecular weight is 410 g/mol. The Morgan fingerprint density at radius 1 is 1.28 bits per heavy atom. The van der Waals surface area contributed by atoms with Crippen LogP contribution in [0.3, 0.4) is 0 Å². The predicted molar refractivity (Wildman–Crippen MR) is 109 cm³/mol. The highest BCUT2D eigenvalue weighted by Crippen LogP contribution is 2.19. The van der Waals surface area contributed by atoms with E-state index >= 15 is 0 Å². The van der Waals surface area contributed by atoms with Crippen LogP contribution >= 0.6 is 11.8 Å². The molecule has 148 valence electrons. The molecule has 29 heavy (non-hydrogen) atoms. The number of thioether (sulfide) groups is 1. The van der Waals surface area contributed by atoms with Crippen LogP contribution in [-0.2, 0) is 11.2 Å². The second kappa shape index (κ2) is 7.51. The fourth-order valence-electron chi connectivity index (χ4n) is 3.16. The normalized spacial score (nSPS) is 11.1. The zero-order valence-electron chi connectivity index (χ0n) is 16.0. The number of nitrogens with one attached hydrogen (secondary N) is 2. The summed E-state index contributed by atoms with van der Waals surface area (Å²) in [5.74, 6) is -0.189. The number of H-pyrrole nitrogens is 1. The molecule has 0 fully saturated rings. The van der Waals surface area contributed by atoms with Crippen molar-refractivity contribution in [3.63, 3.8) is 0 Å². The van der Waals surface area contributed by atoms with Crippen molar-refractivity contribution in [1.29, 1.82) is 0 Å². The number of fused-ring (bicyclic) bond motifs is 1. The highest BCUT2D eigenvalue weighted by atomic mass is 32.2. The first kappa shape index (κ1) is 18.9. The van der Waals surface area contributed by atoms with Gasteiger partial charge in [-0.1, -0.05) is 17.8 Å². The Labute approximate surface area is 169 Å². The van der Waals surface area contributed by atoms with Crippen molar-refractivity contribution < 1.29 is 4.79 Å². The highest BCUT2D eigenvalue weighted by molar-refractivity contribution is 7.98. The Morgan fingerprint density at radius 3 is 2.90 bits per heavy atom. The predicted octanol–water partition coefficient (Wildman–Crippen LogP) is 1.52. The fourth-order valence-corrected chi connectivity index (χ4v) is 3.59. The summed E-state index contributed by atoms with van der Waals surface area (Å²) >= 11 is 1.43. The molecule has 0 saturated carbocycles. The largest absolute Gasteiger partial charge is 0.326 e. The molecule has 0 aliphatic carbocycles. The lowest BCUT2D eigenvalue weighted by Gasteiger charge is -2.12. The molecule has 3 heterocycles. The molecule has 0 bridgehead atoms. The molecule has 1 aromatic carbocycles. The van der Waals surface area contributed by atoms with Gasteiger partial charge in [-0.3, -0.25) is 14.7 Å². The van der Waals surface area contributed by atoms with Crippen molar-refractivity contribution in [2.75, 3.05) is 11.6 Å². The van der Waals surface area contributed by atoms with Gasteiger partial charge in [-0.05, 0) is 48.7 Å². The third-order valence-corrected chi connectivity index (χ3v) is 5.16. The summed E-state index contributed by atoms with van der Waals surface area (Å²) in [4.78, 5) is 28.7. The monoisotopic (exact) mass is 410 g/mol. The summed E-state index contributed by atoms with van der Waals surface area (Å²) in [5, 5.41) is 17.9. The maximum Gasteiger partial charge on any atom is 0.266 e. The van der Waals surface area contributed by atoms with Gasteiger partial charge < -0.3 is 5.32 Å². The third kappa shape index (κ3) is 3.63. The number of carbonyl (C=O) groups excluding carboxylic acids is 1. The molecule has 11 heteroatoms. The number of carbonyl (C=O) groups is 1. The molecule has 0 spiro atoms. The molecule has 3 aromatic heterocycles. The molecule has 0 radical (unpaired) electrons. The zero-order chi connectivity index (χ0) is 20.5. The minimum absolute atomic E-state index is 0.131. The van der Waals surface area contributed by atoms with E-state index in [0.29, 0.717) is 22.2 Å². The van der Waals surface area contributed by atoms with Gasteiger partial charge in [-0.25, -0.2) is 9.50 Å². The number of tetrazole rings is 1. The van der Waals surface area contributed by atoms with Gasteiger partial charge in [0.25, 0.3) is 5.56 Å². The van der Waals surface area contributed by atoms with Crippen LogP contribution in [0.15, 0.2) is 40.3 Å². The SMILES string of the molecule is CSc1nnnn1-c1cccc(NC(=O)Cc2c(C)nc3cc(=O)[nH]n3c2C)c1. The maximum absolute atomic E-state index is 12.7. The van der Waals surface area contributed by atoms with Gasteiger partial charge in [0.05, 0.1) is 12.1 Å². The Kier molecular flexibility index (Phi) is 4.89. The molecular formula is C18H18N8O2S. The lowest BCUT2D eigenvalue weighted by molar-refractivity contribution is -0.115. The van der Waals surface area contributed by atoms with Gasteiger partial charge in [-0.15, -0.1) is 5.10 Å². The number of hydrogen-bond donors (Lipinski definition) is 2. The number of amides is 1. The lowest BCUT2D eigenvalue weighted by Crippen LogP contribution is -2.18. The molecule has 2 N–H and O–H groups in total. The Morgan fingerprint density at radius 2 is 2.10 bits per heavy atom. The minimum Gasteiger partial charge on any atom is -0.326 e. The smallest absolute Gasteiger partial charge is 0.266 e. The van der Waals surface area contributed by atoms with Crippen LogP contribution in [0.2, 0.25) is 0 Å². The van der Waals surface area contributed by atoms with E-state index < -0.39 is 0 Å². The summed E-state index contributed by atoms with van der Waals surface area (Å²) in [6, 6.07) is 8.72. The molecular weight excluding hydrogens is 392 g/mol. The van der Waals surface area contributed by atoms with Gasteiger partial charge in [0.1, 0.15) is 0 Å². The van der Waals surface area contributed by atoms with Gasteiger partial charge in [0.15, 0.2) is 5.65 Å². The van der Waals surface area contributed by atoms with Crippen molar-refractivity contribution in [2.24, 2.45) is 0 Å². The first-order chi connectivity index (χ1) is 14.0. The van der Waals surface area contributed by atoms with Crippen molar-refractivity contribution in [2.45, 2.75) is 25.4 Å². The summed E-state index contributed by atoms with van der Waals surface area (Å²) in [6.07, 6.45) is 2.02. The van der Waals surface area contributed by atoms with Crippen molar-refractivity contribution in [1.82, 2.24) is 34.8 Å². The zero-order valence-corrected chi connectivity index (χ0v) is 16.8. The van der Waals surface area contributed by atoms with Gasteiger partial charge >= 0.3 is 0 Å². The quantitative estimate of drug-likeness (QED) is 0.478. The second-order valence-corrected chi connectivity index (χ2v) is 7.20. The molecule has 10 nitrogen and oxygen atoms in total. The Balaban J connectivity index is 1.57. The van der Waals surface area contributed by atoms with E-state index in [2.05, 4.69) is 30.9 Å². The van der Waals surface area contributed by atoms with Crippen LogP contribution in [-0.4, -0.2) is 47.0 Å². The first-order valence-corrected chi connectivity index (χ1v) is 9.99. The highest BCUT2D eigenvalue weighted by Gasteiger charge is 2.15. The van der Waals surface area contributed by atoms with Crippen LogP contribution in [0.1, 0.15) is 17.0 Å². The van der Waals surface area contributed by atoms with Gasteiger partial charge in [0, 0.05) is 28.7 Å². The van der Waals surface area contributed by atoms with Gasteiger partial charge in [0.2, 0.25) is 11.1 Å². The third-order valence-electron chi connectivity index (χ3n) is 4.54. The molecule has 4 aromatic rings. The van der Waals surface area contributed by atoms with E-state index in [1.54, 1.807) is 21.3 Å². The van der Waals surface area contributed by atoms with Crippen molar-refractivity contribution >= 4 is 29.0 Å². The molecule has 1 amide bonds.